The molecule has 6 heteroatoms. The number of nitrogens with one attached hydrogen (secondary N) is 2. The first-order valence-corrected chi connectivity index (χ1v) is 5.42. The lowest BCUT2D eigenvalue weighted by Gasteiger charge is -2.08. The maximum atomic E-state index is 5.37. The monoisotopic (exact) mass is 223 g/mol. The molecule has 1 fully saturated rings. The molecule has 88 valence electrons. The average molecular weight is 223 g/mol. The number of aromatic nitrogens is 2. The number of hydrogen-bond donors (Lipinski definition) is 3. The summed E-state index contributed by atoms with van der Waals surface area (Å²) in [6.07, 6.45) is 2.34. The van der Waals surface area contributed by atoms with Crippen LogP contribution in [0.15, 0.2) is 6.07 Å². The third-order valence-corrected chi connectivity index (χ3v) is 2.45. The standard InChI is InChI=1S/C10H17N5O/c1-16-5-4-12-8-6-9(15-11)14-10(13-8)7-2-3-7/h6-7H,2-5,11H2,1H3,(H2,12,13,14,15). The summed E-state index contributed by atoms with van der Waals surface area (Å²) >= 11 is 0. The Kier molecular flexibility index (Phi) is 3.53. The largest absolute Gasteiger partial charge is 0.383 e. The summed E-state index contributed by atoms with van der Waals surface area (Å²) in [5.41, 5.74) is 2.56. The maximum absolute atomic E-state index is 5.37. The number of anilines is 2. The van der Waals surface area contributed by atoms with Crippen molar-refractivity contribution >= 4 is 11.6 Å². The quantitative estimate of drug-likeness (QED) is 0.374. The zero-order valence-electron chi connectivity index (χ0n) is 9.36. The van der Waals surface area contributed by atoms with Gasteiger partial charge in [-0.3, -0.25) is 0 Å². The molecule has 0 amide bonds. The van der Waals surface area contributed by atoms with Crippen LogP contribution in [-0.4, -0.2) is 30.2 Å². The van der Waals surface area contributed by atoms with Crippen LogP contribution in [0.3, 0.4) is 0 Å². The van der Waals surface area contributed by atoms with E-state index in [1.165, 1.54) is 12.8 Å². The first kappa shape index (κ1) is 11.1. The number of hydrogen-bond acceptors (Lipinski definition) is 6. The van der Waals surface area contributed by atoms with Gasteiger partial charge in [-0.05, 0) is 12.8 Å². The third kappa shape index (κ3) is 2.80. The summed E-state index contributed by atoms with van der Waals surface area (Å²) in [5.74, 6) is 8.19. The Labute approximate surface area is 94.6 Å². The fraction of sp³-hybridized carbons (Fsp3) is 0.600. The molecule has 2 rings (SSSR count). The second-order valence-corrected chi connectivity index (χ2v) is 3.83. The first-order chi connectivity index (χ1) is 7.83. The topological polar surface area (TPSA) is 85.1 Å². The summed E-state index contributed by atoms with van der Waals surface area (Å²) in [6.45, 7) is 1.37. The van der Waals surface area contributed by atoms with E-state index in [2.05, 4.69) is 20.7 Å². The molecule has 1 heterocycles. The van der Waals surface area contributed by atoms with Crippen molar-refractivity contribution in [3.63, 3.8) is 0 Å². The van der Waals surface area contributed by atoms with E-state index in [1.54, 1.807) is 13.2 Å². The van der Waals surface area contributed by atoms with Crippen LogP contribution in [0.25, 0.3) is 0 Å². The van der Waals surface area contributed by atoms with Crippen molar-refractivity contribution in [3.05, 3.63) is 11.9 Å². The van der Waals surface area contributed by atoms with Gasteiger partial charge in [0.2, 0.25) is 0 Å². The Bertz CT molecular complexity index is 353. The minimum absolute atomic E-state index is 0.510. The van der Waals surface area contributed by atoms with E-state index in [0.717, 1.165) is 18.2 Å². The smallest absolute Gasteiger partial charge is 0.145 e. The van der Waals surface area contributed by atoms with Crippen LogP contribution in [0.5, 0.6) is 0 Å². The fourth-order valence-electron chi connectivity index (χ4n) is 1.44. The summed E-state index contributed by atoms with van der Waals surface area (Å²) < 4.78 is 4.96. The van der Waals surface area contributed by atoms with Gasteiger partial charge in [0.25, 0.3) is 0 Å². The molecule has 0 atom stereocenters. The molecule has 1 saturated carbocycles. The third-order valence-electron chi connectivity index (χ3n) is 2.45. The van der Waals surface area contributed by atoms with Crippen LogP contribution in [0.1, 0.15) is 24.6 Å². The van der Waals surface area contributed by atoms with Crippen LogP contribution < -0.4 is 16.6 Å². The number of nitrogens with zero attached hydrogens (tertiary/aromatic N) is 2. The minimum atomic E-state index is 0.510. The van der Waals surface area contributed by atoms with Crippen molar-refractivity contribution in [2.45, 2.75) is 18.8 Å². The Morgan fingerprint density at radius 1 is 1.44 bits per heavy atom. The molecule has 1 aromatic rings. The van der Waals surface area contributed by atoms with Crippen molar-refractivity contribution < 1.29 is 4.74 Å². The molecule has 0 aromatic carbocycles. The molecular formula is C10H17N5O. The minimum Gasteiger partial charge on any atom is -0.383 e. The van der Waals surface area contributed by atoms with Crippen molar-refractivity contribution in [1.82, 2.24) is 9.97 Å². The molecule has 4 N–H and O–H groups in total. The summed E-state index contributed by atoms with van der Waals surface area (Å²) in [6, 6.07) is 1.79. The molecule has 0 radical (unpaired) electrons. The maximum Gasteiger partial charge on any atom is 0.145 e. The van der Waals surface area contributed by atoms with Gasteiger partial charge in [0.15, 0.2) is 0 Å². The van der Waals surface area contributed by atoms with E-state index in [-0.39, 0.29) is 0 Å². The van der Waals surface area contributed by atoms with Gasteiger partial charge in [0, 0.05) is 25.6 Å². The fourth-order valence-corrected chi connectivity index (χ4v) is 1.44. The van der Waals surface area contributed by atoms with Gasteiger partial charge in [0.05, 0.1) is 6.61 Å². The number of methoxy groups -OCH3 is 1. The van der Waals surface area contributed by atoms with E-state index in [0.29, 0.717) is 18.3 Å². The van der Waals surface area contributed by atoms with Gasteiger partial charge in [-0.25, -0.2) is 15.8 Å². The predicted octanol–water partition coefficient (Wildman–Crippen LogP) is 0.698. The second kappa shape index (κ2) is 5.09. The van der Waals surface area contributed by atoms with Crippen molar-refractivity contribution in [1.29, 1.82) is 0 Å². The highest BCUT2D eigenvalue weighted by atomic mass is 16.5. The van der Waals surface area contributed by atoms with Crippen LogP contribution in [0.4, 0.5) is 11.6 Å². The molecule has 0 unspecified atom stereocenters. The van der Waals surface area contributed by atoms with Gasteiger partial charge in [-0.2, -0.15) is 0 Å². The SMILES string of the molecule is COCCNc1cc(NN)nc(C2CC2)n1. The van der Waals surface area contributed by atoms with E-state index < -0.39 is 0 Å². The number of nitrogen functional groups attached to an aromatic ring is 1. The molecule has 1 aliphatic carbocycles. The molecule has 0 saturated heterocycles. The average Bonchev–Trinajstić information content (AvgIpc) is 3.13. The number of nitrogens with two attached hydrogens (primary N) is 1. The van der Waals surface area contributed by atoms with Crippen molar-refractivity contribution in [2.75, 3.05) is 31.0 Å². The highest BCUT2D eigenvalue weighted by Crippen LogP contribution is 2.38. The van der Waals surface area contributed by atoms with Crippen LogP contribution in [-0.2, 0) is 4.74 Å². The van der Waals surface area contributed by atoms with Gasteiger partial charge >= 0.3 is 0 Å². The lowest BCUT2D eigenvalue weighted by Crippen LogP contribution is -2.14. The molecule has 6 nitrogen and oxygen atoms in total. The van der Waals surface area contributed by atoms with Gasteiger partial charge < -0.3 is 15.5 Å². The van der Waals surface area contributed by atoms with Crippen molar-refractivity contribution in [2.24, 2.45) is 5.84 Å². The van der Waals surface area contributed by atoms with E-state index in [9.17, 15) is 0 Å². The summed E-state index contributed by atoms with van der Waals surface area (Å²) in [4.78, 5) is 8.77. The Morgan fingerprint density at radius 2 is 2.19 bits per heavy atom. The van der Waals surface area contributed by atoms with Crippen LogP contribution in [0, 0.1) is 0 Å². The number of rotatable bonds is 6. The Morgan fingerprint density at radius 3 is 2.81 bits per heavy atom. The highest BCUT2D eigenvalue weighted by molar-refractivity contribution is 5.47. The first-order valence-electron chi connectivity index (χ1n) is 5.42. The lowest BCUT2D eigenvalue weighted by molar-refractivity contribution is 0.210. The summed E-state index contributed by atoms with van der Waals surface area (Å²) in [5, 5.41) is 3.17. The normalized spacial score (nSPS) is 14.9. The molecule has 16 heavy (non-hydrogen) atoms. The number of hydrazine groups is 1. The Hall–Kier alpha value is -1.40. The molecule has 1 aromatic heterocycles. The van der Waals surface area contributed by atoms with Crippen molar-refractivity contribution in [3.8, 4) is 0 Å². The Balaban J connectivity index is 2.06. The second-order valence-electron chi connectivity index (χ2n) is 3.83. The highest BCUT2D eigenvalue weighted by Gasteiger charge is 2.27. The van der Waals surface area contributed by atoms with Gasteiger partial charge in [0.1, 0.15) is 17.5 Å². The molecule has 1 aliphatic rings. The lowest BCUT2D eigenvalue weighted by atomic mass is 10.4. The van der Waals surface area contributed by atoms with Gasteiger partial charge in [-0.15, -0.1) is 0 Å². The molecule has 0 aliphatic heterocycles. The van der Waals surface area contributed by atoms with E-state index in [4.69, 9.17) is 10.6 Å². The molecule has 0 spiro atoms. The van der Waals surface area contributed by atoms with Crippen LogP contribution in [0.2, 0.25) is 0 Å². The van der Waals surface area contributed by atoms with E-state index in [1.807, 2.05) is 0 Å². The zero-order valence-corrected chi connectivity index (χ0v) is 9.36. The van der Waals surface area contributed by atoms with E-state index >= 15 is 0 Å². The molecular weight excluding hydrogens is 206 g/mol. The number of ether oxygens (including phenoxy) is 1. The van der Waals surface area contributed by atoms with Crippen LogP contribution >= 0.6 is 0 Å². The zero-order chi connectivity index (χ0) is 11.4. The predicted molar refractivity (Wildman–Crippen MR) is 62.2 cm³/mol. The molecule has 0 bridgehead atoms. The van der Waals surface area contributed by atoms with Gasteiger partial charge in [-0.1, -0.05) is 0 Å². The summed E-state index contributed by atoms with van der Waals surface area (Å²) in [7, 11) is 1.67.